The molecule has 0 aliphatic carbocycles. The van der Waals surface area contributed by atoms with Gasteiger partial charge in [0.1, 0.15) is 12.1 Å². The molecule has 8 nitrogen and oxygen atoms in total. The second-order valence-corrected chi connectivity index (χ2v) is 11.0. The van der Waals surface area contributed by atoms with Crippen molar-refractivity contribution in [3.8, 4) is 0 Å². The molecule has 0 radical (unpaired) electrons. The van der Waals surface area contributed by atoms with E-state index in [1.807, 2.05) is 63.2 Å². The van der Waals surface area contributed by atoms with Crippen LogP contribution in [0.4, 0.5) is 10.5 Å². The van der Waals surface area contributed by atoms with Crippen LogP contribution in [0.2, 0.25) is 0 Å². The molecule has 8 heteroatoms. The van der Waals surface area contributed by atoms with Gasteiger partial charge in [0.05, 0.1) is 17.4 Å². The maximum Gasteiger partial charge on any atom is 0.332 e. The van der Waals surface area contributed by atoms with Gasteiger partial charge < -0.3 is 15.0 Å². The van der Waals surface area contributed by atoms with Crippen LogP contribution in [0.25, 0.3) is 10.9 Å². The highest BCUT2D eigenvalue weighted by Crippen LogP contribution is 2.45. The van der Waals surface area contributed by atoms with E-state index in [-0.39, 0.29) is 23.5 Å². The highest BCUT2D eigenvalue weighted by molar-refractivity contribution is 6.24. The van der Waals surface area contributed by atoms with E-state index < -0.39 is 18.1 Å². The van der Waals surface area contributed by atoms with E-state index in [0.717, 1.165) is 33.3 Å². The third kappa shape index (κ3) is 4.68. The number of para-hydroxylation sites is 2. The first-order chi connectivity index (χ1) is 19.9. The normalized spacial score (nSPS) is 18.2. The number of nitrogens with one attached hydrogen (secondary N) is 2. The maximum atomic E-state index is 14.3. The number of benzene rings is 3. The van der Waals surface area contributed by atoms with Crippen molar-refractivity contribution in [1.29, 1.82) is 0 Å². The van der Waals surface area contributed by atoms with E-state index in [0.29, 0.717) is 31.7 Å². The molecule has 2 N–H and O–H groups in total. The quantitative estimate of drug-likeness (QED) is 0.224. The lowest BCUT2D eigenvalue weighted by molar-refractivity contribution is -0.120. The lowest BCUT2D eigenvalue weighted by atomic mass is 9.87. The van der Waals surface area contributed by atoms with Crippen LogP contribution >= 0.6 is 0 Å². The van der Waals surface area contributed by atoms with Crippen molar-refractivity contribution in [1.82, 2.24) is 15.2 Å². The Labute approximate surface area is 239 Å². The third-order valence-electron chi connectivity index (χ3n) is 7.98. The summed E-state index contributed by atoms with van der Waals surface area (Å²) < 4.78 is 5.56. The predicted octanol–water partition coefficient (Wildman–Crippen LogP) is 5.50. The van der Waals surface area contributed by atoms with Crippen molar-refractivity contribution < 1.29 is 19.1 Å². The number of carbonyl (C=O) groups excluding carboxylic acids is 3. The minimum absolute atomic E-state index is 0.125. The monoisotopic (exact) mass is 550 g/mol. The van der Waals surface area contributed by atoms with Gasteiger partial charge >= 0.3 is 6.03 Å². The molecule has 210 valence electrons. The van der Waals surface area contributed by atoms with E-state index in [1.165, 1.54) is 4.90 Å². The molecule has 6 rings (SSSR count). The van der Waals surface area contributed by atoms with Crippen LogP contribution < -0.4 is 10.2 Å². The van der Waals surface area contributed by atoms with Gasteiger partial charge in [-0.25, -0.2) is 9.69 Å². The molecule has 1 fully saturated rings. The Balaban J connectivity index is 1.37. The molecule has 0 unspecified atom stereocenters. The summed E-state index contributed by atoms with van der Waals surface area (Å²) in [6.45, 7) is 6.92. The molecule has 4 aromatic rings. The molecule has 0 spiro atoms. The number of H-pyrrole nitrogens is 1. The van der Waals surface area contributed by atoms with E-state index in [1.54, 1.807) is 29.2 Å². The molecular weight excluding hydrogens is 516 g/mol. The molecule has 0 bridgehead atoms. The molecule has 0 saturated carbocycles. The van der Waals surface area contributed by atoms with Crippen LogP contribution in [-0.2, 0) is 16.0 Å². The number of imide groups is 1. The average molecular weight is 551 g/mol. The van der Waals surface area contributed by atoms with Crippen molar-refractivity contribution >= 4 is 34.4 Å². The van der Waals surface area contributed by atoms with Gasteiger partial charge in [-0.3, -0.25) is 14.5 Å². The molecule has 2 aliphatic heterocycles. The summed E-state index contributed by atoms with van der Waals surface area (Å²) in [6, 6.07) is 21.2. The van der Waals surface area contributed by atoms with Crippen LogP contribution in [-0.4, -0.2) is 53.0 Å². The van der Waals surface area contributed by atoms with E-state index in [9.17, 15) is 14.4 Å². The SMILES string of the molecule is Cc1ccccc1[C@H]1c2[nH]c3ccccc3c2C[C@H]2C(=O)N(c3ccccc3C(=O)NCCCOC(C)C)C(=O)N12. The Bertz CT molecular complexity index is 1640. The molecule has 4 amide bonds. The number of fused-ring (bicyclic) bond motifs is 4. The highest BCUT2D eigenvalue weighted by atomic mass is 16.5. The van der Waals surface area contributed by atoms with Gasteiger partial charge in [-0.05, 0) is 62.1 Å². The largest absolute Gasteiger partial charge is 0.379 e. The summed E-state index contributed by atoms with van der Waals surface area (Å²) in [5.41, 5.74) is 5.53. The minimum atomic E-state index is -0.692. The first-order valence-corrected chi connectivity index (χ1v) is 14.2. The molecule has 1 aromatic heterocycles. The van der Waals surface area contributed by atoms with Crippen LogP contribution in [0.5, 0.6) is 0 Å². The summed E-state index contributed by atoms with van der Waals surface area (Å²) in [5.74, 6) is -0.655. The first-order valence-electron chi connectivity index (χ1n) is 14.2. The number of amides is 4. The van der Waals surface area contributed by atoms with Crippen LogP contribution in [0.15, 0.2) is 72.8 Å². The third-order valence-corrected chi connectivity index (χ3v) is 7.98. The lowest BCUT2D eigenvalue weighted by Gasteiger charge is -2.36. The first kappa shape index (κ1) is 26.8. The molecule has 3 aromatic carbocycles. The van der Waals surface area contributed by atoms with Crippen molar-refractivity contribution in [3.05, 3.63) is 101 Å². The van der Waals surface area contributed by atoms with Crippen molar-refractivity contribution in [3.63, 3.8) is 0 Å². The van der Waals surface area contributed by atoms with Crippen molar-refractivity contribution in [2.75, 3.05) is 18.1 Å². The number of anilines is 1. The fourth-order valence-corrected chi connectivity index (χ4v) is 6.06. The number of hydrogen-bond donors (Lipinski definition) is 2. The van der Waals surface area contributed by atoms with Gasteiger partial charge in [-0.15, -0.1) is 0 Å². The number of aromatic nitrogens is 1. The Morgan fingerprint density at radius 1 is 1.02 bits per heavy atom. The molecule has 2 atom stereocenters. The Morgan fingerprint density at radius 2 is 1.76 bits per heavy atom. The number of nitrogens with zero attached hydrogens (tertiary/aromatic N) is 2. The van der Waals surface area contributed by atoms with Gasteiger partial charge in [-0.1, -0.05) is 54.6 Å². The molecule has 3 heterocycles. The fraction of sp³-hybridized carbons (Fsp3) is 0.303. The Kier molecular flexibility index (Phi) is 7.09. The van der Waals surface area contributed by atoms with Gasteiger partial charge in [0.15, 0.2) is 0 Å². The standard InChI is InChI=1S/C33H34N4O4/c1-20(2)41-18-10-17-34-31(38)24-14-7-9-16-27(24)37-32(39)28-19-25-23-13-6-8-15-26(23)35-29(25)30(36(28)33(37)40)22-12-5-4-11-21(22)3/h4-9,11-16,20,28,30,35H,10,17-19H2,1-3H3,(H,34,38)/t28-,30-/m0/s1. The second kappa shape index (κ2) is 10.9. The number of urea groups is 1. The Hall–Kier alpha value is -4.43. The topological polar surface area (TPSA) is 94.7 Å². The summed E-state index contributed by atoms with van der Waals surface area (Å²) >= 11 is 0. The summed E-state index contributed by atoms with van der Waals surface area (Å²) in [5, 5.41) is 3.97. The fourth-order valence-electron chi connectivity index (χ4n) is 6.06. The second-order valence-electron chi connectivity index (χ2n) is 11.0. The van der Waals surface area contributed by atoms with Crippen LogP contribution in [0.1, 0.15) is 59.1 Å². The number of aryl methyl sites for hydroxylation is 1. The maximum absolute atomic E-state index is 14.3. The zero-order valence-electron chi connectivity index (χ0n) is 23.5. The van der Waals surface area contributed by atoms with Crippen molar-refractivity contribution in [2.45, 2.75) is 51.8 Å². The highest BCUT2D eigenvalue weighted by Gasteiger charge is 2.53. The van der Waals surface area contributed by atoms with Crippen molar-refractivity contribution in [2.24, 2.45) is 0 Å². The summed E-state index contributed by atoms with van der Waals surface area (Å²) in [6.07, 6.45) is 1.18. The molecule has 41 heavy (non-hydrogen) atoms. The average Bonchev–Trinajstić information content (AvgIpc) is 3.46. The molecule has 2 aliphatic rings. The van der Waals surface area contributed by atoms with Gasteiger partial charge in [0.25, 0.3) is 11.8 Å². The van der Waals surface area contributed by atoms with Gasteiger partial charge in [-0.2, -0.15) is 0 Å². The van der Waals surface area contributed by atoms with Crippen LogP contribution in [0, 0.1) is 6.92 Å². The molecular formula is C33H34N4O4. The zero-order valence-corrected chi connectivity index (χ0v) is 23.5. The number of aromatic amines is 1. The predicted molar refractivity (Wildman–Crippen MR) is 158 cm³/mol. The summed E-state index contributed by atoms with van der Waals surface area (Å²) in [4.78, 5) is 48.1. The van der Waals surface area contributed by atoms with E-state index in [4.69, 9.17) is 4.74 Å². The van der Waals surface area contributed by atoms with E-state index in [2.05, 4.69) is 16.4 Å². The minimum Gasteiger partial charge on any atom is -0.379 e. The zero-order chi connectivity index (χ0) is 28.7. The lowest BCUT2D eigenvalue weighted by Crippen LogP contribution is -2.44. The van der Waals surface area contributed by atoms with Crippen LogP contribution in [0.3, 0.4) is 0 Å². The number of rotatable bonds is 8. The number of carbonyl (C=O) groups is 3. The number of ether oxygens (including phenoxy) is 1. The molecule has 1 saturated heterocycles. The van der Waals surface area contributed by atoms with E-state index >= 15 is 0 Å². The number of hydrogen-bond acceptors (Lipinski definition) is 4. The summed E-state index contributed by atoms with van der Waals surface area (Å²) in [7, 11) is 0. The van der Waals surface area contributed by atoms with Gasteiger partial charge in [0, 0.05) is 36.2 Å². The van der Waals surface area contributed by atoms with Gasteiger partial charge in [0.2, 0.25) is 0 Å². The Morgan fingerprint density at radius 3 is 2.56 bits per heavy atom. The smallest absolute Gasteiger partial charge is 0.332 e.